The lowest BCUT2D eigenvalue weighted by atomic mass is 9.89. The number of halogens is 3. The summed E-state index contributed by atoms with van der Waals surface area (Å²) in [4.78, 5) is 12.0. The molecule has 0 spiro atoms. The van der Waals surface area contributed by atoms with Gasteiger partial charge in [0, 0.05) is 11.1 Å². The molecule has 19 heavy (non-hydrogen) atoms. The molecule has 0 aliphatic carbocycles. The van der Waals surface area contributed by atoms with Crippen LogP contribution in [0.2, 0.25) is 0 Å². The number of hydrogen-bond donors (Lipinski definition) is 1. The fourth-order valence-electron chi connectivity index (χ4n) is 2.01. The number of rotatable bonds is 5. The zero-order valence-corrected chi connectivity index (χ0v) is 11.3. The van der Waals surface area contributed by atoms with Gasteiger partial charge in [-0.3, -0.25) is 4.79 Å². The van der Waals surface area contributed by atoms with Crippen molar-refractivity contribution in [2.24, 2.45) is 0 Å². The number of nitrogens with one attached hydrogen (secondary N) is 1. The van der Waals surface area contributed by atoms with Gasteiger partial charge in [-0.25, -0.2) is 13.2 Å². The summed E-state index contributed by atoms with van der Waals surface area (Å²) < 4.78 is 39.0. The van der Waals surface area contributed by atoms with Crippen LogP contribution in [0.1, 0.15) is 50.4 Å². The highest BCUT2D eigenvalue weighted by Crippen LogP contribution is 2.21. The number of benzene rings is 1. The third-order valence-corrected chi connectivity index (χ3v) is 3.66. The zero-order chi connectivity index (χ0) is 14.6. The predicted octanol–water partition coefficient (Wildman–Crippen LogP) is 3.80. The van der Waals surface area contributed by atoms with E-state index in [4.69, 9.17) is 0 Å². The Kier molecular flexibility index (Phi) is 4.97. The lowest BCUT2D eigenvalue weighted by molar-refractivity contribution is 0.0887. The van der Waals surface area contributed by atoms with Crippen molar-refractivity contribution >= 4 is 5.91 Å². The third-order valence-electron chi connectivity index (χ3n) is 3.66. The van der Waals surface area contributed by atoms with Crippen LogP contribution >= 0.6 is 0 Å². The van der Waals surface area contributed by atoms with Crippen LogP contribution in [0.3, 0.4) is 0 Å². The van der Waals surface area contributed by atoms with Crippen molar-refractivity contribution in [3.63, 3.8) is 0 Å². The Hall–Kier alpha value is -1.52. The summed E-state index contributed by atoms with van der Waals surface area (Å²) >= 11 is 0. The van der Waals surface area contributed by atoms with E-state index in [0.29, 0.717) is 31.4 Å². The van der Waals surface area contributed by atoms with Gasteiger partial charge in [0.1, 0.15) is 0 Å². The van der Waals surface area contributed by atoms with Crippen molar-refractivity contribution in [1.29, 1.82) is 0 Å². The van der Waals surface area contributed by atoms with E-state index in [1.165, 1.54) is 0 Å². The van der Waals surface area contributed by atoms with E-state index in [9.17, 15) is 18.0 Å². The average Bonchev–Trinajstić information content (AvgIpc) is 2.41. The first-order valence-electron chi connectivity index (χ1n) is 6.36. The minimum absolute atomic E-state index is 0.212. The van der Waals surface area contributed by atoms with E-state index >= 15 is 0 Å². The molecular formula is C14H18F3NO. The molecule has 0 heterocycles. The van der Waals surface area contributed by atoms with Gasteiger partial charge in [-0.1, -0.05) is 20.8 Å². The molecule has 0 radical (unpaired) electrons. The van der Waals surface area contributed by atoms with Gasteiger partial charge in [0.25, 0.3) is 5.91 Å². The second-order valence-corrected chi connectivity index (χ2v) is 4.55. The molecule has 0 saturated heterocycles. The lowest BCUT2D eigenvalue weighted by Crippen LogP contribution is -2.47. The monoisotopic (exact) mass is 273 g/mol. The number of hydrogen-bond acceptors (Lipinski definition) is 1. The fraction of sp³-hybridized carbons (Fsp3) is 0.500. The van der Waals surface area contributed by atoms with Gasteiger partial charge >= 0.3 is 0 Å². The summed E-state index contributed by atoms with van der Waals surface area (Å²) in [5, 5.41) is 2.78. The third kappa shape index (κ3) is 3.28. The maximum Gasteiger partial charge on any atom is 0.251 e. The number of carbonyl (C=O) groups excluding carboxylic acids is 1. The average molecular weight is 273 g/mol. The highest BCUT2D eigenvalue weighted by Gasteiger charge is 2.27. The van der Waals surface area contributed by atoms with Gasteiger partial charge in [0.05, 0.1) is 0 Å². The molecule has 1 N–H and O–H groups in total. The Morgan fingerprint density at radius 1 is 1.05 bits per heavy atom. The molecule has 106 valence electrons. The maximum atomic E-state index is 13.1. The van der Waals surface area contributed by atoms with E-state index in [0.717, 1.165) is 0 Å². The Bertz CT molecular complexity index is 438. The molecule has 1 aromatic carbocycles. The molecule has 1 amide bonds. The highest BCUT2D eigenvalue weighted by atomic mass is 19.2. The van der Waals surface area contributed by atoms with Crippen molar-refractivity contribution in [2.75, 3.05) is 0 Å². The van der Waals surface area contributed by atoms with E-state index in [1.807, 2.05) is 20.8 Å². The van der Waals surface area contributed by atoms with E-state index < -0.39 is 28.9 Å². The van der Waals surface area contributed by atoms with Gasteiger partial charge in [-0.15, -0.1) is 0 Å². The standard InChI is InChI=1S/C14H18F3NO/c1-4-14(5-2,6-3)18-13(19)9-7-10(15)12(17)11(16)8-9/h7-8H,4-6H2,1-3H3,(H,18,19). The first kappa shape index (κ1) is 15.5. The molecular weight excluding hydrogens is 255 g/mol. The smallest absolute Gasteiger partial charge is 0.251 e. The summed E-state index contributed by atoms with van der Waals surface area (Å²) in [7, 11) is 0. The van der Waals surface area contributed by atoms with Crippen LogP contribution in [0.15, 0.2) is 12.1 Å². The van der Waals surface area contributed by atoms with Crippen LogP contribution in [-0.2, 0) is 0 Å². The molecule has 0 aliphatic rings. The Balaban J connectivity index is 3.01. The first-order valence-corrected chi connectivity index (χ1v) is 6.36. The Labute approximate surface area is 111 Å². The molecule has 0 saturated carbocycles. The molecule has 1 aromatic rings. The normalized spacial score (nSPS) is 11.5. The minimum Gasteiger partial charge on any atom is -0.347 e. The van der Waals surface area contributed by atoms with E-state index in [-0.39, 0.29) is 5.56 Å². The van der Waals surface area contributed by atoms with Crippen molar-refractivity contribution in [3.8, 4) is 0 Å². The molecule has 0 atom stereocenters. The quantitative estimate of drug-likeness (QED) is 0.812. The minimum atomic E-state index is -1.57. The second-order valence-electron chi connectivity index (χ2n) is 4.55. The van der Waals surface area contributed by atoms with Crippen LogP contribution in [0.25, 0.3) is 0 Å². The Morgan fingerprint density at radius 3 is 1.84 bits per heavy atom. The number of amides is 1. The molecule has 0 aromatic heterocycles. The van der Waals surface area contributed by atoms with Gasteiger partial charge in [-0.2, -0.15) is 0 Å². The maximum absolute atomic E-state index is 13.1. The summed E-state index contributed by atoms with van der Waals surface area (Å²) in [5.41, 5.74) is -0.616. The largest absolute Gasteiger partial charge is 0.347 e. The van der Waals surface area contributed by atoms with Crippen LogP contribution in [0.5, 0.6) is 0 Å². The van der Waals surface area contributed by atoms with Crippen LogP contribution in [0, 0.1) is 17.5 Å². The predicted molar refractivity (Wildman–Crippen MR) is 67.4 cm³/mol. The van der Waals surface area contributed by atoms with Gasteiger partial charge in [-0.05, 0) is 31.4 Å². The molecule has 5 heteroatoms. The van der Waals surface area contributed by atoms with Gasteiger partial charge in [0.2, 0.25) is 0 Å². The summed E-state index contributed by atoms with van der Waals surface area (Å²) in [6.07, 6.45) is 2.12. The highest BCUT2D eigenvalue weighted by molar-refractivity contribution is 5.94. The van der Waals surface area contributed by atoms with E-state index in [2.05, 4.69) is 5.32 Å². The lowest BCUT2D eigenvalue weighted by Gasteiger charge is -2.31. The molecule has 1 rings (SSSR count). The summed E-state index contributed by atoms with van der Waals surface area (Å²) in [6, 6.07) is 1.42. The summed E-state index contributed by atoms with van der Waals surface area (Å²) in [5.74, 6) is -4.88. The molecule has 2 nitrogen and oxygen atoms in total. The molecule has 0 bridgehead atoms. The van der Waals surface area contributed by atoms with Crippen molar-refractivity contribution < 1.29 is 18.0 Å². The second kappa shape index (κ2) is 6.08. The van der Waals surface area contributed by atoms with Crippen molar-refractivity contribution in [1.82, 2.24) is 5.32 Å². The van der Waals surface area contributed by atoms with Crippen LogP contribution in [-0.4, -0.2) is 11.4 Å². The SMILES string of the molecule is CCC(CC)(CC)NC(=O)c1cc(F)c(F)c(F)c1. The fourth-order valence-corrected chi connectivity index (χ4v) is 2.01. The first-order chi connectivity index (χ1) is 8.89. The molecule has 0 unspecified atom stereocenters. The topological polar surface area (TPSA) is 29.1 Å². The number of carbonyl (C=O) groups is 1. The summed E-state index contributed by atoms with van der Waals surface area (Å²) in [6.45, 7) is 5.79. The van der Waals surface area contributed by atoms with Crippen LogP contribution in [0.4, 0.5) is 13.2 Å². The Morgan fingerprint density at radius 2 is 1.47 bits per heavy atom. The van der Waals surface area contributed by atoms with Crippen molar-refractivity contribution in [3.05, 3.63) is 35.1 Å². The van der Waals surface area contributed by atoms with Gasteiger partial charge in [0.15, 0.2) is 17.5 Å². The molecule has 0 fully saturated rings. The zero-order valence-electron chi connectivity index (χ0n) is 11.3. The van der Waals surface area contributed by atoms with Crippen LogP contribution < -0.4 is 5.32 Å². The van der Waals surface area contributed by atoms with Crippen molar-refractivity contribution in [2.45, 2.75) is 45.6 Å². The van der Waals surface area contributed by atoms with Gasteiger partial charge < -0.3 is 5.32 Å². The molecule has 0 aliphatic heterocycles. The van der Waals surface area contributed by atoms with E-state index in [1.54, 1.807) is 0 Å².